The van der Waals surface area contributed by atoms with Crippen LogP contribution < -0.4 is 14.4 Å². The first-order valence-corrected chi connectivity index (χ1v) is 10.3. The van der Waals surface area contributed by atoms with Gasteiger partial charge < -0.3 is 10.1 Å². The fraction of sp³-hybridized carbons (Fsp3) is 0.263. The van der Waals surface area contributed by atoms with Gasteiger partial charge >= 0.3 is 0 Å². The molecule has 0 saturated carbocycles. The maximum absolute atomic E-state index is 12.8. The number of hydrogen-bond donors (Lipinski definition) is 1. The van der Waals surface area contributed by atoms with Gasteiger partial charge in [0, 0.05) is 5.56 Å². The third kappa shape index (κ3) is 6.34. The van der Waals surface area contributed by atoms with Crippen LogP contribution in [0.2, 0.25) is 0 Å². The summed E-state index contributed by atoms with van der Waals surface area (Å²) in [5.41, 5.74) is 0.576. The number of carbonyl (C=O) groups is 2. The number of nitrogens with one attached hydrogen (secondary N) is 1. The van der Waals surface area contributed by atoms with Gasteiger partial charge in [0.1, 0.15) is 24.7 Å². The fourth-order valence-electron chi connectivity index (χ4n) is 2.36. The van der Waals surface area contributed by atoms with Gasteiger partial charge in [-0.2, -0.15) is 0 Å². The Morgan fingerprint density at radius 3 is 2.43 bits per heavy atom. The number of carbonyl (C=O) groups excluding carboxylic acids is 2. The normalized spacial score (nSPS) is 11.0. The lowest BCUT2D eigenvalue weighted by Crippen LogP contribution is -2.41. The van der Waals surface area contributed by atoms with Crippen LogP contribution in [0, 0.1) is 5.82 Å². The molecule has 0 fully saturated rings. The molecule has 28 heavy (non-hydrogen) atoms. The number of benzene rings is 2. The van der Waals surface area contributed by atoms with E-state index in [1.165, 1.54) is 43.3 Å². The molecule has 0 aliphatic rings. The molecule has 0 atom stereocenters. The molecule has 0 bridgehead atoms. The molecular weight excluding hydrogens is 387 g/mol. The lowest BCUT2D eigenvalue weighted by atomic mass is 10.1. The molecule has 0 radical (unpaired) electrons. The second-order valence-electron chi connectivity index (χ2n) is 6.03. The van der Waals surface area contributed by atoms with Gasteiger partial charge in [-0.25, -0.2) is 12.8 Å². The van der Waals surface area contributed by atoms with E-state index in [2.05, 4.69) is 5.32 Å². The number of Topliss-reactive ketones (excluding diaryl/α,β-unsaturated/α-hetero) is 1. The molecule has 150 valence electrons. The molecule has 7 nitrogen and oxygen atoms in total. The van der Waals surface area contributed by atoms with Gasteiger partial charge in [0.15, 0.2) is 5.78 Å². The molecule has 0 heterocycles. The topological polar surface area (TPSA) is 92.8 Å². The van der Waals surface area contributed by atoms with E-state index in [4.69, 9.17) is 4.74 Å². The van der Waals surface area contributed by atoms with Crippen LogP contribution >= 0.6 is 0 Å². The smallest absolute Gasteiger partial charge is 0.240 e. The van der Waals surface area contributed by atoms with Crippen molar-refractivity contribution >= 4 is 27.4 Å². The lowest BCUT2D eigenvalue weighted by Gasteiger charge is -2.22. The highest BCUT2D eigenvalue weighted by molar-refractivity contribution is 7.92. The molecule has 9 heteroatoms. The van der Waals surface area contributed by atoms with Crippen molar-refractivity contribution in [3.05, 3.63) is 59.9 Å². The van der Waals surface area contributed by atoms with Gasteiger partial charge in [-0.3, -0.25) is 13.9 Å². The molecule has 0 spiro atoms. The Kier molecular flexibility index (Phi) is 7.11. The number of ether oxygens (including phenoxy) is 1. The van der Waals surface area contributed by atoms with Crippen LogP contribution in [-0.4, -0.2) is 46.1 Å². The number of anilines is 1. The zero-order chi connectivity index (χ0) is 20.7. The molecule has 1 N–H and O–H groups in total. The van der Waals surface area contributed by atoms with Crippen molar-refractivity contribution in [2.75, 3.05) is 30.3 Å². The van der Waals surface area contributed by atoms with E-state index in [1.54, 1.807) is 12.1 Å². The van der Waals surface area contributed by atoms with Gasteiger partial charge in [0.05, 0.1) is 18.5 Å². The zero-order valence-electron chi connectivity index (χ0n) is 15.5. The number of halogens is 1. The summed E-state index contributed by atoms with van der Waals surface area (Å²) in [7, 11) is -3.74. The van der Waals surface area contributed by atoms with Crippen molar-refractivity contribution in [3.8, 4) is 5.75 Å². The van der Waals surface area contributed by atoms with Gasteiger partial charge in [-0.05, 0) is 43.3 Å². The maximum atomic E-state index is 12.8. The quantitative estimate of drug-likeness (QED) is 0.506. The maximum Gasteiger partial charge on any atom is 0.240 e. The highest BCUT2D eigenvalue weighted by Gasteiger charge is 2.21. The lowest BCUT2D eigenvalue weighted by molar-refractivity contribution is -0.119. The van der Waals surface area contributed by atoms with E-state index >= 15 is 0 Å². The minimum Gasteiger partial charge on any atom is -0.492 e. The van der Waals surface area contributed by atoms with Crippen LogP contribution in [0.5, 0.6) is 5.75 Å². The highest BCUT2D eigenvalue weighted by Crippen LogP contribution is 2.19. The number of ketones is 1. The second-order valence-corrected chi connectivity index (χ2v) is 7.94. The Labute approximate surface area is 163 Å². The number of rotatable bonds is 9. The second kappa shape index (κ2) is 9.32. The molecule has 1 amide bonds. The first kappa shape index (κ1) is 21.4. The first-order valence-electron chi connectivity index (χ1n) is 8.40. The summed E-state index contributed by atoms with van der Waals surface area (Å²) in [5.74, 6) is -0.663. The number of amides is 1. The third-order valence-corrected chi connectivity index (χ3v) is 4.88. The van der Waals surface area contributed by atoms with Gasteiger partial charge in [0.25, 0.3) is 0 Å². The summed E-state index contributed by atoms with van der Waals surface area (Å²) in [4.78, 5) is 23.7. The summed E-state index contributed by atoms with van der Waals surface area (Å²) in [6.07, 6.45) is 0.984. The Hall–Kier alpha value is -2.94. The number of nitrogens with zero attached hydrogens (tertiary/aromatic N) is 1. The molecule has 2 aromatic rings. The summed E-state index contributed by atoms with van der Waals surface area (Å²) >= 11 is 0. The van der Waals surface area contributed by atoms with Crippen LogP contribution in [0.15, 0.2) is 48.5 Å². The van der Waals surface area contributed by atoms with E-state index in [0.29, 0.717) is 11.3 Å². The predicted octanol–water partition coefficient (Wildman–Crippen LogP) is 1.99. The number of sulfonamides is 1. The number of hydrogen-bond acceptors (Lipinski definition) is 5. The zero-order valence-corrected chi connectivity index (χ0v) is 16.3. The van der Waals surface area contributed by atoms with Gasteiger partial charge in [-0.15, -0.1) is 0 Å². The van der Waals surface area contributed by atoms with Crippen molar-refractivity contribution in [2.24, 2.45) is 0 Å². The van der Waals surface area contributed by atoms with Crippen molar-refractivity contribution in [2.45, 2.75) is 6.92 Å². The van der Waals surface area contributed by atoms with Crippen LogP contribution in [0.3, 0.4) is 0 Å². The predicted molar refractivity (Wildman–Crippen MR) is 104 cm³/mol. The Morgan fingerprint density at radius 2 is 1.82 bits per heavy atom. The highest BCUT2D eigenvalue weighted by atomic mass is 32.2. The van der Waals surface area contributed by atoms with Crippen molar-refractivity contribution in [1.82, 2.24) is 5.32 Å². The van der Waals surface area contributed by atoms with Crippen molar-refractivity contribution in [3.63, 3.8) is 0 Å². The summed E-state index contributed by atoms with van der Waals surface area (Å²) < 4.78 is 43.3. The van der Waals surface area contributed by atoms with Crippen molar-refractivity contribution < 1.29 is 27.1 Å². The molecule has 0 saturated heterocycles. The Morgan fingerprint density at radius 1 is 1.14 bits per heavy atom. The minimum atomic E-state index is -3.74. The SMILES string of the molecule is CC(=O)c1cccc(N(CC(=O)NCCOc2ccc(F)cc2)S(C)(=O)=O)c1. The standard InChI is InChI=1S/C19H21FN2O5S/c1-14(23)15-4-3-5-17(12-15)22(28(2,25)26)13-19(24)21-10-11-27-18-8-6-16(20)7-9-18/h3-9,12H,10-11,13H2,1-2H3,(H,21,24). The average Bonchev–Trinajstić information content (AvgIpc) is 2.64. The van der Waals surface area contributed by atoms with E-state index < -0.39 is 22.5 Å². The van der Waals surface area contributed by atoms with Crippen LogP contribution in [0.1, 0.15) is 17.3 Å². The fourth-order valence-corrected chi connectivity index (χ4v) is 3.20. The van der Waals surface area contributed by atoms with Crippen LogP contribution in [0.25, 0.3) is 0 Å². The minimum absolute atomic E-state index is 0.135. The van der Waals surface area contributed by atoms with Gasteiger partial charge in [-0.1, -0.05) is 12.1 Å². The van der Waals surface area contributed by atoms with E-state index in [1.807, 2.05) is 0 Å². The summed E-state index contributed by atoms with van der Waals surface area (Å²) in [6, 6.07) is 11.5. The molecular formula is C19H21FN2O5S. The first-order chi connectivity index (χ1) is 13.2. The van der Waals surface area contributed by atoms with E-state index in [9.17, 15) is 22.4 Å². The third-order valence-electron chi connectivity index (χ3n) is 3.73. The Balaban J connectivity index is 1.95. The molecule has 0 aliphatic heterocycles. The largest absolute Gasteiger partial charge is 0.492 e. The Bertz CT molecular complexity index is 945. The molecule has 0 unspecified atom stereocenters. The van der Waals surface area contributed by atoms with Crippen molar-refractivity contribution in [1.29, 1.82) is 0 Å². The molecule has 2 rings (SSSR count). The molecule has 2 aromatic carbocycles. The van der Waals surface area contributed by atoms with Crippen LogP contribution in [0.4, 0.5) is 10.1 Å². The average molecular weight is 408 g/mol. The van der Waals surface area contributed by atoms with E-state index in [-0.39, 0.29) is 30.4 Å². The van der Waals surface area contributed by atoms with Crippen LogP contribution in [-0.2, 0) is 14.8 Å². The molecule has 0 aromatic heterocycles. The monoisotopic (exact) mass is 408 g/mol. The van der Waals surface area contributed by atoms with Gasteiger partial charge in [0.2, 0.25) is 15.9 Å². The van der Waals surface area contributed by atoms with E-state index in [0.717, 1.165) is 10.6 Å². The summed E-state index contributed by atoms with van der Waals surface area (Å²) in [5, 5.41) is 2.56. The molecule has 0 aliphatic carbocycles. The summed E-state index contributed by atoms with van der Waals surface area (Å²) in [6.45, 7) is 1.21.